The van der Waals surface area contributed by atoms with Gasteiger partial charge in [0.05, 0.1) is 44.9 Å². The first-order chi connectivity index (χ1) is 41.3. The number of aliphatic carboxylic acids is 5. The third-order valence-corrected chi connectivity index (χ3v) is 13.2. The van der Waals surface area contributed by atoms with Crippen molar-refractivity contribution in [3.8, 4) is 0 Å². The molecular formula is C50H95N13O25. The van der Waals surface area contributed by atoms with Gasteiger partial charge in [-0.05, 0) is 51.4 Å². The number of hydrogen-bond donors (Lipinski definition) is 22. The second kappa shape index (κ2) is 47.0. The SMILES string of the molecule is NCNC(=O)[C@H](CCCCNC(=O)CCC(C(=O)O)N(CCN(CC(=O)O)CC(=O)O)CCN(CC(=O)O)CC(=O)O)NC(=O)CCNC(=O)[C@@H](N)CCCCNC(=O)CCC(C(O)O)N(CCN(CC(O)O)CC(O)O)CCN(CC(O)O)CC(O)O. The van der Waals surface area contributed by atoms with Gasteiger partial charge in [-0.25, -0.2) is 0 Å². The molecule has 0 radical (unpaired) electrons. The van der Waals surface area contributed by atoms with Crippen molar-refractivity contribution in [3.05, 3.63) is 0 Å². The summed E-state index contributed by atoms with van der Waals surface area (Å²) in [5, 5.41) is 157. The van der Waals surface area contributed by atoms with Crippen LogP contribution in [0.4, 0.5) is 0 Å². The second-order valence-corrected chi connectivity index (χ2v) is 20.6. The van der Waals surface area contributed by atoms with Gasteiger partial charge < -0.3 is 115 Å². The summed E-state index contributed by atoms with van der Waals surface area (Å²) in [5.74, 6) is -9.82. The van der Waals surface area contributed by atoms with Crippen molar-refractivity contribution < 1.29 is 125 Å². The van der Waals surface area contributed by atoms with Crippen molar-refractivity contribution in [2.24, 2.45) is 11.5 Å². The molecule has 0 heterocycles. The van der Waals surface area contributed by atoms with Gasteiger partial charge in [0.15, 0.2) is 31.5 Å². The highest BCUT2D eigenvalue weighted by atomic mass is 16.5. The predicted octanol–water partition coefficient (Wildman–Crippen LogP) is -11.0. The van der Waals surface area contributed by atoms with Gasteiger partial charge in [-0.15, -0.1) is 0 Å². The summed E-state index contributed by atoms with van der Waals surface area (Å²) in [7, 11) is 0. The highest BCUT2D eigenvalue weighted by Crippen LogP contribution is 2.14. The van der Waals surface area contributed by atoms with Crippen LogP contribution in [0.5, 0.6) is 0 Å². The molecule has 0 aromatic heterocycles. The molecule has 510 valence electrons. The Labute approximate surface area is 507 Å². The lowest BCUT2D eigenvalue weighted by atomic mass is 10.1. The fourth-order valence-electron chi connectivity index (χ4n) is 9.02. The molecule has 0 fully saturated rings. The predicted molar refractivity (Wildman–Crippen MR) is 303 cm³/mol. The van der Waals surface area contributed by atoms with Gasteiger partial charge in [-0.2, -0.15) is 0 Å². The van der Waals surface area contributed by atoms with Crippen LogP contribution in [0.25, 0.3) is 0 Å². The van der Waals surface area contributed by atoms with Crippen LogP contribution >= 0.6 is 0 Å². The Bertz CT molecular complexity index is 1970. The minimum absolute atomic E-state index is 0.0462. The van der Waals surface area contributed by atoms with Crippen LogP contribution < -0.4 is 38.1 Å². The number of carboxylic acid groups (broad SMARTS) is 5. The van der Waals surface area contributed by atoms with E-state index in [0.717, 1.165) is 9.80 Å². The number of amides is 5. The Morgan fingerprint density at radius 1 is 0.398 bits per heavy atom. The minimum Gasteiger partial charge on any atom is -0.480 e. The van der Waals surface area contributed by atoms with E-state index >= 15 is 0 Å². The molecule has 0 aliphatic carbocycles. The van der Waals surface area contributed by atoms with Crippen LogP contribution in [0, 0.1) is 0 Å². The van der Waals surface area contributed by atoms with Crippen LogP contribution in [-0.2, 0) is 47.9 Å². The average Bonchev–Trinajstić information content (AvgIpc) is 3.57. The summed E-state index contributed by atoms with van der Waals surface area (Å²) in [4.78, 5) is 129. The smallest absolute Gasteiger partial charge is 0.320 e. The molecule has 0 rings (SSSR count). The number of carbonyl (C=O) groups excluding carboxylic acids is 5. The molecule has 0 bridgehead atoms. The third kappa shape index (κ3) is 42.0. The summed E-state index contributed by atoms with van der Waals surface area (Å²) in [6.07, 6.45) is -9.32. The zero-order valence-corrected chi connectivity index (χ0v) is 49.2. The number of nitrogens with two attached hydrogens (primary N) is 2. The Morgan fingerprint density at radius 3 is 1.18 bits per heavy atom. The number of nitrogens with zero attached hydrogens (tertiary/aromatic N) is 6. The van der Waals surface area contributed by atoms with Crippen molar-refractivity contribution in [3.63, 3.8) is 0 Å². The fourth-order valence-corrected chi connectivity index (χ4v) is 9.02. The first-order valence-electron chi connectivity index (χ1n) is 28.5. The lowest BCUT2D eigenvalue weighted by Crippen LogP contribution is -2.52. The number of rotatable bonds is 55. The molecule has 5 amide bonds. The largest absolute Gasteiger partial charge is 0.480 e. The zero-order chi connectivity index (χ0) is 66.9. The summed E-state index contributed by atoms with van der Waals surface area (Å²) in [5.41, 5.74) is 11.5. The monoisotopic (exact) mass is 1280 g/mol. The first-order valence-corrected chi connectivity index (χ1v) is 28.5. The van der Waals surface area contributed by atoms with E-state index in [2.05, 4.69) is 26.6 Å². The maximum Gasteiger partial charge on any atom is 0.320 e. The van der Waals surface area contributed by atoms with E-state index < -0.39 is 167 Å². The van der Waals surface area contributed by atoms with Crippen LogP contribution in [0.2, 0.25) is 0 Å². The maximum atomic E-state index is 12.9. The Morgan fingerprint density at radius 2 is 0.795 bits per heavy atom. The van der Waals surface area contributed by atoms with Gasteiger partial charge in [0, 0.05) is 117 Å². The average molecular weight is 1280 g/mol. The molecule has 38 nitrogen and oxygen atoms in total. The third-order valence-electron chi connectivity index (χ3n) is 13.2. The normalized spacial score (nSPS) is 13.3. The van der Waals surface area contributed by atoms with E-state index in [1.54, 1.807) is 0 Å². The topological polar surface area (TPSA) is 606 Å². The molecule has 0 aliphatic rings. The number of nitrogens with one attached hydrogen (secondary N) is 5. The molecule has 0 aliphatic heterocycles. The van der Waals surface area contributed by atoms with E-state index in [1.807, 2.05) is 0 Å². The Hall–Kier alpha value is -6.02. The first kappa shape index (κ1) is 82.0. The number of unbranched alkanes of at least 4 members (excludes halogenated alkanes) is 2. The molecule has 4 atom stereocenters. The molecule has 0 aromatic carbocycles. The van der Waals surface area contributed by atoms with Crippen molar-refractivity contribution in [1.29, 1.82) is 0 Å². The highest BCUT2D eigenvalue weighted by molar-refractivity contribution is 5.88. The summed E-state index contributed by atoms with van der Waals surface area (Å²) in [6, 6.07) is -4.69. The summed E-state index contributed by atoms with van der Waals surface area (Å²) in [6.45, 7) is -6.18. The number of carboxylic acids is 5. The molecule has 0 saturated carbocycles. The van der Waals surface area contributed by atoms with Gasteiger partial charge >= 0.3 is 29.8 Å². The Kier molecular flexibility index (Phi) is 43.8. The minimum atomic E-state index is -2.04. The molecule has 24 N–H and O–H groups in total. The molecule has 0 saturated heterocycles. The molecule has 2 unspecified atom stereocenters. The number of carbonyl (C=O) groups is 10. The second-order valence-electron chi connectivity index (χ2n) is 20.6. The molecular weight excluding hydrogens is 1180 g/mol. The van der Waals surface area contributed by atoms with Crippen molar-refractivity contribution >= 4 is 59.4 Å². The van der Waals surface area contributed by atoms with Crippen LogP contribution in [0.3, 0.4) is 0 Å². The maximum absolute atomic E-state index is 12.9. The quantitative estimate of drug-likeness (QED) is 0.0199. The fraction of sp³-hybridized carbons (Fsp3) is 0.800. The lowest BCUT2D eigenvalue weighted by Gasteiger charge is -2.36. The number of hydrogen-bond acceptors (Lipinski definition) is 28. The molecule has 0 aromatic rings. The summed E-state index contributed by atoms with van der Waals surface area (Å²) < 4.78 is 0. The van der Waals surface area contributed by atoms with Crippen molar-refractivity contribution in [1.82, 2.24) is 56.0 Å². The van der Waals surface area contributed by atoms with Crippen LogP contribution in [0.1, 0.15) is 70.6 Å². The van der Waals surface area contributed by atoms with Crippen LogP contribution in [-0.4, -0.2) is 352 Å². The summed E-state index contributed by atoms with van der Waals surface area (Å²) >= 11 is 0. The van der Waals surface area contributed by atoms with Gasteiger partial charge in [-0.3, -0.25) is 77.3 Å². The van der Waals surface area contributed by atoms with E-state index in [4.69, 9.17) is 11.5 Å². The highest BCUT2D eigenvalue weighted by Gasteiger charge is 2.31. The van der Waals surface area contributed by atoms with Gasteiger partial charge in [-0.1, -0.05) is 0 Å². The zero-order valence-electron chi connectivity index (χ0n) is 49.2. The number of aliphatic hydroxyl groups is 10. The number of aliphatic hydroxyl groups excluding tert-OH is 5. The van der Waals surface area contributed by atoms with Crippen molar-refractivity contribution in [2.45, 2.75) is 126 Å². The van der Waals surface area contributed by atoms with E-state index in [1.165, 1.54) is 19.6 Å². The molecule has 38 heteroatoms. The van der Waals surface area contributed by atoms with E-state index in [-0.39, 0.29) is 136 Å². The van der Waals surface area contributed by atoms with Crippen molar-refractivity contribution in [2.75, 3.05) is 131 Å². The van der Waals surface area contributed by atoms with E-state index in [0.29, 0.717) is 12.8 Å². The van der Waals surface area contributed by atoms with Crippen LogP contribution in [0.15, 0.2) is 0 Å². The molecule has 88 heavy (non-hydrogen) atoms. The van der Waals surface area contributed by atoms with Gasteiger partial charge in [0.1, 0.15) is 12.1 Å². The van der Waals surface area contributed by atoms with Gasteiger partial charge in [0.2, 0.25) is 29.5 Å². The molecule has 0 spiro atoms. The lowest BCUT2D eigenvalue weighted by molar-refractivity contribution is -0.146. The standard InChI is InChI=1S/C50H95N13O25/c51-31-56-48(84)33(6-2-4-13-54-37(65)10-8-35(50(87)88)63(21-17-60(27-43(75)76)28-44(77)78)22-18-61(29-45(79)80)30-46(81)82)57-38(66)11-14-55-47(83)32(52)5-1-3-12-53-36(64)9-7-34(49(85)86)62(19-15-58(23-39(67)68)24-40(69)70)20-16-59(25-41(71)72)26-42(73)74/h32-35,39-42,49,67-74,85-86H,1-31,51-52H2,(H,53,64)(H,54,65)(H,55,83)(H,56,84)(H,57,66)(H,75,76)(H,77,78)(H,79,80)(H,81,82)(H,87,88)/t32-,33-,34?,35?/m0/s1. The van der Waals surface area contributed by atoms with Gasteiger partial charge in [0.25, 0.3) is 0 Å². The Balaban J connectivity index is 5.29. The van der Waals surface area contributed by atoms with E-state index in [9.17, 15) is 125 Å².